The molecule has 1 aromatic carbocycles. The fourth-order valence-corrected chi connectivity index (χ4v) is 7.36. The molecule has 3 aliphatic heterocycles. The van der Waals surface area contributed by atoms with Crippen LogP contribution in [0.5, 0.6) is 0 Å². The molecule has 18 heteroatoms. The molecule has 0 unspecified atom stereocenters. The van der Waals surface area contributed by atoms with E-state index in [4.69, 9.17) is 9.68 Å². The molecular weight excluding hydrogens is 755 g/mol. The number of carbonyl (C=O) groups is 4. The minimum Gasteiger partial charge on any atom is -0.344 e. The Balaban J connectivity index is 1.47. The summed E-state index contributed by atoms with van der Waals surface area (Å²) in [6.45, 7) is 12.8. The third-order valence-corrected chi connectivity index (χ3v) is 11.1. The average molecular weight is 801 g/mol. The van der Waals surface area contributed by atoms with E-state index in [1.807, 2.05) is 38.7 Å². The summed E-state index contributed by atoms with van der Waals surface area (Å²) in [4.78, 5) is 84.8. The summed E-state index contributed by atoms with van der Waals surface area (Å²) >= 11 is 0. The predicted octanol–water partition coefficient (Wildman–Crippen LogP) is 3.73. The van der Waals surface area contributed by atoms with Crippen molar-refractivity contribution in [2.75, 3.05) is 30.9 Å². The first kappa shape index (κ1) is 43.0. The van der Waals surface area contributed by atoms with Crippen molar-refractivity contribution in [3.63, 3.8) is 0 Å². The third-order valence-electron chi connectivity index (χ3n) is 9.32. The zero-order chi connectivity index (χ0) is 41.1. The Bertz CT molecular complexity index is 2120. The summed E-state index contributed by atoms with van der Waals surface area (Å²) in [6.07, 6.45) is 12.1. The van der Waals surface area contributed by atoms with Crippen LogP contribution in [0.15, 0.2) is 94.8 Å². The fourth-order valence-electron chi connectivity index (χ4n) is 6.30. The topological polar surface area (TPSA) is 221 Å². The normalized spacial score (nSPS) is 20.1. The summed E-state index contributed by atoms with van der Waals surface area (Å²) in [7, 11) is -7.44. The van der Waals surface area contributed by atoms with E-state index in [0.717, 1.165) is 10.8 Å². The molecule has 55 heavy (non-hydrogen) atoms. The Morgan fingerprint density at radius 2 is 1.73 bits per heavy atom. The van der Waals surface area contributed by atoms with E-state index in [9.17, 15) is 46.5 Å². The van der Waals surface area contributed by atoms with Crippen LogP contribution in [0, 0.1) is 5.41 Å². The first-order chi connectivity index (χ1) is 25.5. The molecule has 0 aromatic heterocycles. The monoisotopic (exact) mass is 800 g/mol. The van der Waals surface area contributed by atoms with Crippen LogP contribution < -0.4 is 10.2 Å². The fraction of sp³-hybridized carbons (Fsp3) is 0.378. The Morgan fingerprint density at radius 3 is 2.33 bits per heavy atom. The molecule has 0 spiro atoms. The van der Waals surface area contributed by atoms with Crippen LogP contribution in [0.2, 0.25) is 0 Å². The van der Waals surface area contributed by atoms with Gasteiger partial charge < -0.3 is 19.5 Å². The van der Waals surface area contributed by atoms with Crippen molar-refractivity contribution in [2.24, 2.45) is 10.4 Å². The number of benzene rings is 1. The summed E-state index contributed by atoms with van der Waals surface area (Å²) in [5, 5.41) is 1.09. The highest BCUT2D eigenvalue weighted by Gasteiger charge is 2.41. The molecule has 0 atom stereocenters. The molecule has 296 valence electrons. The predicted molar refractivity (Wildman–Crippen MR) is 204 cm³/mol. The Labute approximate surface area is 319 Å². The summed E-state index contributed by atoms with van der Waals surface area (Å²) in [6, 6.07) is 4.41. The first-order valence-corrected chi connectivity index (χ1v) is 20.3. The average Bonchev–Trinajstić information content (AvgIpc) is 3.60. The largest absolute Gasteiger partial charge is 0.361 e. The van der Waals surface area contributed by atoms with Gasteiger partial charge in [0.15, 0.2) is 6.61 Å². The number of imide groups is 1. The highest BCUT2D eigenvalue weighted by Crippen LogP contribution is 2.49. The van der Waals surface area contributed by atoms with Crippen LogP contribution in [-0.4, -0.2) is 88.2 Å². The molecule has 0 bridgehead atoms. The van der Waals surface area contributed by atoms with Gasteiger partial charge in [-0.3, -0.25) is 33.3 Å². The van der Waals surface area contributed by atoms with Gasteiger partial charge in [0.25, 0.3) is 27.8 Å². The molecule has 1 aromatic rings. The van der Waals surface area contributed by atoms with Crippen LogP contribution in [-0.2, 0) is 49.0 Å². The number of amides is 3. The molecular formula is C37H45N4O12PS. The SMILES string of the molecule is C=C1N=C(/C=C/C=C/C=C2/N(CCCS(=O)(=O)O)c3ccc(P(=O)(O)O)cc3C2(C)C)C(C)(C)/C1=C/C(=C\C)C(=O)N(C)OCC(=O)ON1C(=O)CCC1=O. The second-order valence-electron chi connectivity index (χ2n) is 13.9. The van der Waals surface area contributed by atoms with Crippen LogP contribution in [0.3, 0.4) is 0 Å². The van der Waals surface area contributed by atoms with Crippen molar-refractivity contribution < 1.29 is 56.2 Å². The number of anilines is 1. The molecule has 0 radical (unpaired) electrons. The van der Waals surface area contributed by atoms with Gasteiger partial charge in [-0.1, -0.05) is 58.6 Å². The van der Waals surface area contributed by atoms with Gasteiger partial charge in [-0.25, -0.2) is 9.86 Å². The Morgan fingerprint density at radius 1 is 1.07 bits per heavy atom. The van der Waals surface area contributed by atoms with Gasteiger partial charge in [0.2, 0.25) is 0 Å². The van der Waals surface area contributed by atoms with Crippen molar-refractivity contribution in [1.82, 2.24) is 10.1 Å². The van der Waals surface area contributed by atoms with E-state index in [1.54, 1.807) is 49.4 Å². The lowest BCUT2D eigenvalue weighted by atomic mass is 9.80. The van der Waals surface area contributed by atoms with E-state index < -0.39 is 64.6 Å². The van der Waals surface area contributed by atoms with E-state index in [-0.39, 0.29) is 36.7 Å². The van der Waals surface area contributed by atoms with Gasteiger partial charge >= 0.3 is 13.6 Å². The maximum Gasteiger partial charge on any atom is 0.361 e. The van der Waals surface area contributed by atoms with Gasteiger partial charge in [0.1, 0.15) is 0 Å². The number of aliphatic imine (C=N–C) groups is 1. The second-order valence-corrected chi connectivity index (χ2v) is 17.1. The Kier molecular flexibility index (Phi) is 12.9. The van der Waals surface area contributed by atoms with E-state index >= 15 is 0 Å². The lowest BCUT2D eigenvalue weighted by Gasteiger charge is -2.27. The van der Waals surface area contributed by atoms with Crippen LogP contribution >= 0.6 is 7.60 Å². The van der Waals surface area contributed by atoms with Gasteiger partial charge in [-0.15, -0.1) is 5.06 Å². The van der Waals surface area contributed by atoms with Crippen molar-refractivity contribution >= 4 is 58.1 Å². The standard InChI is InChI=1S/C37H45N4O12PS/c1-8-25(35(45)39(7)52-23-34(44)53-41-32(42)17-18-33(41)43)21-27-24(2)38-30(36(27,3)4)13-10-9-11-14-31-37(5,6)28-22-26(54(46,47)48)15-16-29(28)40(31)19-12-20-55(49,50)51/h8-11,13-16,21-22H,2,12,17-20,23H2,1,3-7H3,(H2,46,47,48)(H,49,50,51)/b11-9+,13-10+,25-8+,27-21+,31-14+. The number of likely N-dealkylation sites (N-methyl/N-ethyl adjacent to an activating group) is 1. The molecule has 1 fully saturated rings. The summed E-state index contributed by atoms with van der Waals surface area (Å²) < 4.78 is 44.2. The highest BCUT2D eigenvalue weighted by molar-refractivity contribution is 7.85. The van der Waals surface area contributed by atoms with Crippen LogP contribution in [0.25, 0.3) is 0 Å². The summed E-state index contributed by atoms with van der Waals surface area (Å²) in [5.41, 5.74) is 2.59. The Hall–Kier alpha value is -4.77. The number of hydrogen-bond donors (Lipinski definition) is 3. The minimum absolute atomic E-state index is 0.0602. The number of hydroxylamine groups is 4. The van der Waals surface area contributed by atoms with E-state index in [0.29, 0.717) is 33.3 Å². The second kappa shape index (κ2) is 16.5. The van der Waals surface area contributed by atoms with E-state index in [2.05, 4.69) is 11.6 Å². The molecule has 3 N–H and O–H groups in total. The maximum atomic E-state index is 13.2. The number of carbonyl (C=O) groups excluding carboxylic acids is 4. The van der Waals surface area contributed by atoms with Gasteiger partial charge in [-0.05, 0) is 60.9 Å². The number of fused-ring (bicyclic) bond motifs is 1. The van der Waals surface area contributed by atoms with Crippen molar-refractivity contribution in [1.29, 1.82) is 0 Å². The number of hydrogen-bond acceptors (Lipinski definition) is 11. The molecule has 3 amide bonds. The molecule has 3 aliphatic rings. The molecule has 3 heterocycles. The smallest absolute Gasteiger partial charge is 0.344 e. The van der Waals surface area contributed by atoms with Crippen molar-refractivity contribution in [3.8, 4) is 0 Å². The maximum absolute atomic E-state index is 13.2. The lowest BCUT2D eigenvalue weighted by molar-refractivity contribution is -0.211. The number of allylic oxidation sites excluding steroid dienone is 8. The lowest BCUT2D eigenvalue weighted by Crippen LogP contribution is -2.36. The van der Waals surface area contributed by atoms with E-state index in [1.165, 1.54) is 19.2 Å². The quantitative estimate of drug-likeness (QED) is 0.0611. The van der Waals surface area contributed by atoms with Crippen molar-refractivity contribution in [2.45, 2.75) is 59.3 Å². The van der Waals surface area contributed by atoms with Crippen molar-refractivity contribution in [3.05, 3.63) is 95.4 Å². The zero-order valence-corrected chi connectivity index (χ0v) is 33.1. The number of rotatable bonds is 14. The molecule has 0 aliphatic carbocycles. The number of nitrogens with zero attached hydrogens (tertiary/aromatic N) is 4. The van der Waals surface area contributed by atoms with Gasteiger partial charge in [-0.2, -0.15) is 8.42 Å². The molecule has 1 saturated heterocycles. The summed E-state index contributed by atoms with van der Waals surface area (Å²) in [5.74, 6) is -3.37. The van der Waals surface area contributed by atoms with Gasteiger partial charge in [0, 0.05) is 54.2 Å². The van der Waals surface area contributed by atoms with Gasteiger partial charge in [0.05, 0.1) is 22.5 Å². The molecule has 4 rings (SSSR count). The van der Waals surface area contributed by atoms with Crippen LogP contribution in [0.4, 0.5) is 5.69 Å². The van der Waals surface area contributed by atoms with Crippen LogP contribution in [0.1, 0.15) is 59.4 Å². The first-order valence-electron chi connectivity index (χ1n) is 17.1. The third kappa shape index (κ3) is 9.92. The molecule has 0 saturated carbocycles. The molecule has 16 nitrogen and oxygen atoms in total. The zero-order valence-electron chi connectivity index (χ0n) is 31.4. The highest BCUT2D eigenvalue weighted by atomic mass is 32.2. The minimum atomic E-state index is -4.54.